The van der Waals surface area contributed by atoms with E-state index in [1.54, 1.807) is 6.07 Å². The van der Waals surface area contributed by atoms with Crippen LogP contribution in [0.25, 0.3) is 0 Å². The van der Waals surface area contributed by atoms with Crippen molar-refractivity contribution in [3.63, 3.8) is 0 Å². The summed E-state index contributed by atoms with van der Waals surface area (Å²) in [5, 5.41) is 0. The molecule has 2 rings (SSSR count). The van der Waals surface area contributed by atoms with Crippen LogP contribution < -0.4 is 10.5 Å². The summed E-state index contributed by atoms with van der Waals surface area (Å²) < 4.78 is 18.9. The fourth-order valence-corrected chi connectivity index (χ4v) is 1.95. The molecule has 0 aromatic heterocycles. The SMILES string of the molecule is CC[C@@H](N)c1ccccc1Oc1ccc(F)cc1C. The molecule has 2 nitrogen and oxygen atoms in total. The van der Waals surface area contributed by atoms with Crippen LogP contribution in [-0.2, 0) is 0 Å². The molecule has 0 amide bonds. The lowest BCUT2D eigenvalue weighted by molar-refractivity contribution is 0.463. The maximum atomic E-state index is 13.1. The highest BCUT2D eigenvalue weighted by Gasteiger charge is 2.11. The summed E-state index contributed by atoms with van der Waals surface area (Å²) in [6, 6.07) is 12.1. The fourth-order valence-electron chi connectivity index (χ4n) is 1.95. The quantitative estimate of drug-likeness (QED) is 0.886. The molecule has 3 heteroatoms. The summed E-state index contributed by atoms with van der Waals surface area (Å²) in [4.78, 5) is 0. The molecule has 0 radical (unpaired) electrons. The van der Waals surface area contributed by atoms with Crippen LogP contribution in [0, 0.1) is 12.7 Å². The lowest BCUT2D eigenvalue weighted by atomic mass is 10.0. The third-order valence-electron chi connectivity index (χ3n) is 3.12. The van der Waals surface area contributed by atoms with Crippen molar-refractivity contribution in [2.45, 2.75) is 26.3 Å². The molecule has 2 aromatic rings. The van der Waals surface area contributed by atoms with E-state index < -0.39 is 0 Å². The van der Waals surface area contributed by atoms with Crippen molar-refractivity contribution in [3.8, 4) is 11.5 Å². The fraction of sp³-hybridized carbons (Fsp3) is 0.250. The number of halogens is 1. The Balaban J connectivity index is 2.33. The van der Waals surface area contributed by atoms with Gasteiger partial charge >= 0.3 is 0 Å². The van der Waals surface area contributed by atoms with Crippen molar-refractivity contribution in [2.75, 3.05) is 0 Å². The Morgan fingerprint density at radius 3 is 2.58 bits per heavy atom. The summed E-state index contributed by atoms with van der Waals surface area (Å²) in [6.07, 6.45) is 0.836. The van der Waals surface area contributed by atoms with E-state index in [-0.39, 0.29) is 11.9 Å². The zero-order chi connectivity index (χ0) is 13.8. The molecular formula is C16H18FNO. The second kappa shape index (κ2) is 5.85. The standard InChI is InChI=1S/C16H18FNO/c1-3-14(18)13-6-4-5-7-16(13)19-15-9-8-12(17)10-11(15)2/h4-10,14H,3,18H2,1-2H3/t14-/m1/s1. The van der Waals surface area contributed by atoms with Crippen LogP contribution in [0.2, 0.25) is 0 Å². The molecular weight excluding hydrogens is 241 g/mol. The predicted molar refractivity (Wildman–Crippen MR) is 74.9 cm³/mol. The van der Waals surface area contributed by atoms with E-state index in [1.165, 1.54) is 12.1 Å². The number of para-hydroxylation sites is 1. The molecule has 1 atom stereocenters. The molecule has 19 heavy (non-hydrogen) atoms. The van der Waals surface area contributed by atoms with Gasteiger partial charge in [-0.3, -0.25) is 0 Å². The first-order chi connectivity index (χ1) is 9.11. The average molecular weight is 259 g/mol. The highest BCUT2D eigenvalue weighted by molar-refractivity contribution is 5.42. The Morgan fingerprint density at radius 2 is 1.89 bits per heavy atom. The second-order valence-electron chi connectivity index (χ2n) is 4.56. The monoisotopic (exact) mass is 259 g/mol. The molecule has 0 aliphatic rings. The highest BCUT2D eigenvalue weighted by Crippen LogP contribution is 2.31. The second-order valence-corrected chi connectivity index (χ2v) is 4.56. The van der Waals surface area contributed by atoms with E-state index >= 15 is 0 Å². The van der Waals surface area contributed by atoms with Crippen molar-refractivity contribution >= 4 is 0 Å². The Labute approximate surface area is 113 Å². The number of rotatable bonds is 4. The van der Waals surface area contributed by atoms with Gasteiger partial charge in [0.1, 0.15) is 17.3 Å². The van der Waals surface area contributed by atoms with Gasteiger partial charge in [0.25, 0.3) is 0 Å². The number of hydrogen-bond acceptors (Lipinski definition) is 2. The van der Waals surface area contributed by atoms with Crippen molar-refractivity contribution in [1.82, 2.24) is 0 Å². The van der Waals surface area contributed by atoms with E-state index in [9.17, 15) is 4.39 Å². The average Bonchev–Trinajstić information content (AvgIpc) is 2.41. The van der Waals surface area contributed by atoms with Crippen molar-refractivity contribution in [1.29, 1.82) is 0 Å². The molecule has 100 valence electrons. The van der Waals surface area contributed by atoms with Crippen molar-refractivity contribution < 1.29 is 9.13 Å². The lowest BCUT2D eigenvalue weighted by Gasteiger charge is -2.16. The maximum absolute atomic E-state index is 13.1. The van der Waals surface area contributed by atoms with Gasteiger partial charge in [-0.15, -0.1) is 0 Å². The molecule has 0 saturated heterocycles. The molecule has 0 fully saturated rings. The van der Waals surface area contributed by atoms with Crippen LogP contribution in [0.3, 0.4) is 0 Å². The molecule has 0 spiro atoms. The zero-order valence-electron chi connectivity index (χ0n) is 11.2. The van der Waals surface area contributed by atoms with E-state index in [0.29, 0.717) is 5.75 Å². The Morgan fingerprint density at radius 1 is 1.16 bits per heavy atom. The lowest BCUT2D eigenvalue weighted by Crippen LogP contribution is -2.09. The van der Waals surface area contributed by atoms with Crippen molar-refractivity contribution in [3.05, 3.63) is 59.4 Å². The topological polar surface area (TPSA) is 35.2 Å². The number of aryl methyl sites for hydroxylation is 1. The van der Waals surface area contributed by atoms with Gasteiger partial charge in [-0.1, -0.05) is 25.1 Å². The molecule has 0 bridgehead atoms. The van der Waals surface area contributed by atoms with Crippen molar-refractivity contribution in [2.24, 2.45) is 5.73 Å². The summed E-state index contributed by atoms with van der Waals surface area (Å²) >= 11 is 0. The van der Waals surface area contributed by atoms with Crippen LogP contribution in [0.1, 0.15) is 30.5 Å². The van der Waals surface area contributed by atoms with Crippen LogP contribution in [0.4, 0.5) is 4.39 Å². The predicted octanol–water partition coefficient (Wildman–Crippen LogP) is 4.34. The Bertz CT molecular complexity index is 568. The summed E-state index contributed by atoms with van der Waals surface area (Å²) in [5.41, 5.74) is 7.80. The third kappa shape index (κ3) is 3.12. The van der Waals surface area contributed by atoms with E-state index in [1.807, 2.05) is 38.1 Å². The minimum atomic E-state index is -0.261. The minimum Gasteiger partial charge on any atom is -0.457 e. The zero-order valence-corrected chi connectivity index (χ0v) is 11.2. The number of hydrogen-bond donors (Lipinski definition) is 1. The number of ether oxygens (including phenoxy) is 1. The number of benzene rings is 2. The minimum absolute atomic E-state index is 0.0584. The smallest absolute Gasteiger partial charge is 0.132 e. The Kier molecular flexibility index (Phi) is 4.17. The molecule has 0 aliphatic heterocycles. The molecule has 0 aliphatic carbocycles. The maximum Gasteiger partial charge on any atom is 0.132 e. The molecule has 2 N–H and O–H groups in total. The molecule has 0 unspecified atom stereocenters. The first kappa shape index (κ1) is 13.6. The van der Waals surface area contributed by atoms with E-state index in [0.717, 1.165) is 23.3 Å². The van der Waals surface area contributed by atoms with Gasteiger partial charge in [0, 0.05) is 11.6 Å². The molecule has 0 heterocycles. The summed E-state index contributed by atoms with van der Waals surface area (Å²) in [5.74, 6) is 1.12. The van der Waals surface area contributed by atoms with E-state index in [4.69, 9.17) is 10.5 Å². The molecule has 2 aromatic carbocycles. The van der Waals surface area contributed by atoms with Crippen LogP contribution in [0.5, 0.6) is 11.5 Å². The van der Waals surface area contributed by atoms with Crippen LogP contribution in [0.15, 0.2) is 42.5 Å². The van der Waals surface area contributed by atoms with Crippen LogP contribution in [-0.4, -0.2) is 0 Å². The first-order valence-corrected chi connectivity index (χ1v) is 6.40. The first-order valence-electron chi connectivity index (χ1n) is 6.40. The van der Waals surface area contributed by atoms with Crippen LogP contribution >= 0.6 is 0 Å². The van der Waals surface area contributed by atoms with Gasteiger partial charge < -0.3 is 10.5 Å². The molecule has 0 saturated carbocycles. The van der Waals surface area contributed by atoms with Gasteiger partial charge in [-0.25, -0.2) is 4.39 Å². The largest absolute Gasteiger partial charge is 0.457 e. The Hall–Kier alpha value is -1.87. The van der Waals surface area contributed by atoms with Gasteiger partial charge in [-0.2, -0.15) is 0 Å². The number of nitrogens with two attached hydrogens (primary N) is 1. The van der Waals surface area contributed by atoms with Gasteiger partial charge in [0.2, 0.25) is 0 Å². The normalized spacial score (nSPS) is 12.2. The summed E-state index contributed by atoms with van der Waals surface area (Å²) in [7, 11) is 0. The highest BCUT2D eigenvalue weighted by atomic mass is 19.1. The van der Waals surface area contributed by atoms with Gasteiger partial charge in [0.05, 0.1) is 0 Å². The summed E-state index contributed by atoms with van der Waals surface area (Å²) in [6.45, 7) is 3.85. The van der Waals surface area contributed by atoms with E-state index in [2.05, 4.69) is 0 Å². The third-order valence-corrected chi connectivity index (χ3v) is 3.12. The van der Waals surface area contributed by atoms with Gasteiger partial charge in [0.15, 0.2) is 0 Å². The van der Waals surface area contributed by atoms with Gasteiger partial charge in [-0.05, 0) is 43.2 Å².